The van der Waals surface area contributed by atoms with Gasteiger partial charge in [-0.3, -0.25) is 4.79 Å². The summed E-state index contributed by atoms with van der Waals surface area (Å²) < 4.78 is 0. The lowest BCUT2D eigenvalue weighted by atomic mass is 10.2. The summed E-state index contributed by atoms with van der Waals surface area (Å²) in [4.78, 5) is 20.7. The van der Waals surface area contributed by atoms with E-state index in [0.717, 1.165) is 11.1 Å². The minimum atomic E-state index is -0.275. The monoisotopic (exact) mass is 386 g/mol. The third-order valence-corrected chi connectivity index (χ3v) is 4.27. The van der Waals surface area contributed by atoms with Gasteiger partial charge in [0.05, 0.1) is 0 Å². The highest BCUT2D eigenvalue weighted by molar-refractivity contribution is 6.31. The number of rotatable bonds is 6. The van der Waals surface area contributed by atoms with Crippen LogP contribution in [0.1, 0.15) is 21.6 Å². The van der Waals surface area contributed by atoms with Gasteiger partial charge in [-0.2, -0.15) is 0 Å². The lowest BCUT2D eigenvalue weighted by Crippen LogP contribution is -2.24. The van der Waals surface area contributed by atoms with Gasteiger partial charge < -0.3 is 10.6 Å². The van der Waals surface area contributed by atoms with Gasteiger partial charge in [0.25, 0.3) is 5.91 Å². The van der Waals surface area contributed by atoms with Crippen LogP contribution in [0.15, 0.2) is 60.8 Å². The molecule has 0 radical (unpaired) electrons. The molecule has 0 fully saturated rings. The summed E-state index contributed by atoms with van der Waals surface area (Å²) >= 11 is 12.0. The Hall–Kier alpha value is -2.63. The van der Waals surface area contributed by atoms with Crippen LogP contribution in [0.3, 0.4) is 0 Å². The summed E-state index contributed by atoms with van der Waals surface area (Å²) in [6.07, 6.45) is 1.54. The zero-order valence-electron chi connectivity index (χ0n) is 13.7. The Kier molecular flexibility index (Phi) is 6.04. The molecule has 0 aliphatic carbocycles. The van der Waals surface area contributed by atoms with Crippen molar-refractivity contribution in [2.45, 2.75) is 13.1 Å². The molecule has 0 unspecified atom stereocenters. The number of halogens is 2. The first-order valence-corrected chi connectivity index (χ1v) is 8.70. The van der Waals surface area contributed by atoms with Crippen molar-refractivity contribution < 1.29 is 4.79 Å². The number of carbonyl (C=O) groups excluding carboxylic acids is 1. The number of benzene rings is 2. The van der Waals surface area contributed by atoms with Gasteiger partial charge in [0, 0.05) is 29.3 Å². The largest absolute Gasteiger partial charge is 0.350 e. The topological polar surface area (TPSA) is 66.9 Å². The maximum absolute atomic E-state index is 12.3. The molecule has 2 N–H and O–H groups in total. The summed E-state index contributed by atoms with van der Waals surface area (Å²) in [5.41, 5.74) is 2.17. The van der Waals surface area contributed by atoms with Gasteiger partial charge in [0.15, 0.2) is 0 Å². The molecule has 0 saturated carbocycles. The summed E-state index contributed by atoms with van der Waals surface area (Å²) in [7, 11) is 0. The van der Waals surface area contributed by atoms with Crippen LogP contribution in [0, 0.1) is 0 Å². The fourth-order valence-electron chi connectivity index (χ4n) is 2.26. The maximum atomic E-state index is 12.3. The Balaban J connectivity index is 1.60. The average molecular weight is 387 g/mol. The Morgan fingerprint density at radius 3 is 2.50 bits per heavy atom. The zero-order chi connectivity index (χ0) is 18.4. The van der Waals surface area contributed by atoms with Crippen molar-refractivity contribution in [1.82, 2.24) is 15.3 Å². The summed E-state index contributed by atoms with van der Waals surface area (Å²) in [6, 6.07) is 16.4. The smallest absolute Gasteiger partial charge is 0.270 e. The van der Waals surface area contributed by atoms with E-state index in [4.69, 9.17) is 23.2 Å². The minimum absolute atomic E-state index is 0.275. The number of amides is 1. The van der Waals surface area contributed by atoms with E-state index in [9.17, 15) is 4.79 Å². The first kappa shape index (κ1) is 18.2. The van der Waals surface area contributed by atoms with E-state index in [1.807, 2.05) is 36.4 Å². The van der Waals surface area contributed by atoms with Crippen molar-refractivity contribution in [3.05, 3.63) is 87.7 Å². The number of hydrogen-bond donors (Lipinski definition) is 2. The number of carbonyl (C=O) groups is 1. The van der Waals surface area contributed by atoms with Crippen molar-refractivity contribution >= 4 is 35.1 Å². The summed E-state index contributed by atoms with van der Waals surface area (Å²) in [5.74, 6) is 0.0900. The Bertz CT molecular complexity index is 900. The van der Waals surface area contributed by atoms with Gasteiger partial charge in [-0.25, -0.2) is 9.97 Å². The summed E-state index contributed by atoms with van der Waals surface area (Å²) in [5, 5.41) is 7.22. The van der Waals surface area contributed by atoms with E-state index in [2.05, 4.69) is 20.6 Å². The van der Waals surface area contributed by atoms with Crippen LogP contribution >= 0.6 is 23.2 Å². The Morgan fingerprint density at radius 2 is 1.73 bits per heavy atom. The molecule has 0 atom stereocenters. The quantitative estimate of drug-likeness (QED) is 0.661. The predicted octanol–water partition coefficient (Wildman–Crippen LogP) is 4.33. The Morgan fingerprint density at radius 1 is 0.962 bits per heavy atom. The van der Waals surface area contributed by atoms with Crippen molar-refractivity contribution in [3.8, 4) is 0 Å². The third-order valence-electron chi connectivity index (χ3n) is 3.65. The van der Waals surface area contributed by atoms with E-state index in [1.54, 1.807) is 24.4 Å². The van der Waals surface area contributed by atoms with Crippen molar-refractivity contribution in [1.29, 1.82) is 0 Å². The van der Waals surface area contributed by atoms with Gasteiger partial charge in [0.1, 0.15) is 5.69 Å². The van der Waals surface area contributed by atoms with E-state index >= 15 is 0 Å². The van der Waals surface area contributed by atoms with Gasteiger partial charge in [-0.1, -0.05) is 53.5 Å². The first-order chi connectivity index (χ1) is 12.6. The molecule has 0 spiro atoms. The molecule has 1 aromatic heterocycles. The average Bonchev–Trinajstić information content (AvgIpc) is 2.67. The van der Waals surface area contributed by atoms with Crippen molar-refractivity contribution in [2.24, 2.45) is 0 Å². The molecule has 0 aliphatic heterocycles. The predicted molar refractivity (Wildman–Crippen MR) is 103 cm³/mol. The second-order valence-corrected chi connectivity index (χ2v) is 6.36. The van der Waals surface area contributed by atoms with Crippen LogP contribution in [0.2, 0.25) is 10.0 Å². The van der Waals surface area contributed by atoms with Gasteiger partial charge in [-0.05, 0) is 35.4 Å². The number of hydrogen-bond acceptors (Lipinski definition) is 4. The molecule has 2 aromatic carbocycles. The van der Waals surface area contributed by atoms with Gasteiger partial charge in [0.2, 0.25) is 5.95 Å². The summed E-state index contributed by atoms with van der Waals surface area (Å²) in [6.45, 7) is 0.859. The highest BCUT2D eigenvalue weighted by Crippen LogP contribution is 2.16. The molecule has 5 nitrogen and oxygen atoms in total. The molecule has 132 valence electrons. The first-order valence-electron chi connectivity index (χ1n) is 7.95. The highest BCUT2D eigenvalue weighted by atomic mass is 35.5. The van der Waals surface area contributed by atoms with Gasteiger partial charge in [-0.15, -0.1) is 0 Å². The third kappa shape index (κ3) is 4.94. The number of nitrogens with zero attached hydrogens (tertiary/aromatic N) is 2. The molecule has 3 aromatic rings. The van der Waals surface area contributed by atoms with Crippen LogP contribution in [0.25, 0.3) is 0 Å². The normalized spacial score (nSPS) is 10.4. The van der Waals surface area contributed by atoms with Gasteiger partial charge >= 0.3 is 0 Å². The molecule has 1 heterocycles. The second-order valence-electron chi connectivity index (χ2n) is 5.52. The molecule has 0 saturated heterocycles. The van der Waals surface area contributed by atoms with Crippen LogP contribution < -0.4 is 10.6 Å². The molecular formula is C19H16Cl2N4O. The number of aromatic nitrogens is 2. The maximum Gasteiger partial charge on any atom is 0.270 e. The van der Waals surface area contributed by atoms with Crippen LogP contribution in [0.5, 0.6) is 0 Å². The van der Waals surface area contributed by atoms with E-state index in [0.29, 0.717) is 29.1 Å². The molecular weight excluding hydrogens is 371 g/mol. The second kappa shape index (κ2) is 8.65. The van der Waals surface area contributed by atoms with E-state index in [1.165, 1.54) is 0 Å². The Labute approximate surface area is 161 Å². The molecule has 1 amide bonds. The minimum Gasteiger partial charge on any atom is -0.350 e. The fourth-order valence-corrected chi connectivity index (χ4v) is 2.59. The molecule has 0 aliphatic rings. The number of nitrogens with one attached hydrogen (secondary N) is 2. The molecule has 26 heavy (non-hydrogen) atoms. The van der Waals surface area contributed by atoms with E-state index in [-0.39, 0.29) is 11.6 Å². The van der Waals surface area contributed by atoms with Crippen LogP contribution in [-0.2, 0) is 13.1 Å². The van der Waals surface area contributed by atoms with E-state index < -0.39 is 0 Å². The standard InChI is InChI=1S/C19H16Cl2N4O/c20-15-7-5-13(6-8-15)11-23-18(26)17-9-10-22-19(25-17)24-12-14-3-1-2-4-16(14)21/h1-10H,11-12H2,(H,23,26)(H,22,24,25). The number of anilines is 1. The van der Waals surface area contributed by atoms with Crippen LogP contribution in [-0.4, -0.2) is 15.9 Å². The highest BCUT2D eigenvalue weighted by Gasteiger charge is 2.09. The lowest BCUT2D eigenvalue weighted by molar-refractivity contribution is 0.0946. The fraction of sp³-hybridized carbons (Fsp3) is 0.105. The lowest BCUT2D eigenvalue weighted by Gasteiger charge is -2.08. The van der Waals surface area contributed by atoms with Crippen molar-refractivity contribution in [3.63, 3.8) is 0 Å². The van der Waals surface area contributed by atoms with Crippen LogP contribution in [0.4, 0.5) is 5.95 Å². The SMILES string of the molecule is O=C(NCc1ccc(Cl)cc1)c1ccnc(NCc2ccccc2Cl)n1. The molecule has 7 heteroatoms. The molecule has 0 bridgehead atoms. The zero-order valence-corrected chi connectivity index (χ0v) is 15.3. The molecule has 3 rings (SSSR count). The van der Waals surface area contributed by atoms with Crippen molar-refractivity contribution in [2.75, 3.05) is 5.32 Å².